The third kappa shape index (κ3) is 5.22. The van der Waals surface area contributed by atoms with Crippen LogP contribution in [0.2, 0.25) is 0 Å². The number of aliphatic carboxylic acids is 1. The third-order valence-electron chi connectivity index (χ3n) is 8.24. The van der Waals surface area contributed by atoms with Gasteiger partial charge < -0.3 is 15.1 Å². The van der Waals surface area contributed by atoms with Crippen molar-refractivity contribution in [2.45, 2.75) is 0 Å². The minimum atomic E-state index is -1.21. The first kappa shape index (κ1) is 27.8. The first-order valence-corrected chi connectivity index (χ1v) is 15.2. The van der Waals surface area contributed by atoms with Crippen LogP contribution in [0.4, 0.5) is 0 Å². The Bertz CT molecular complexity index is 2440. The first-order valence-electron chi connectivity index (χ1n) is 15.2. The van der Waals surface area contributed by atoms with E-state index in [2.05, 4.69) is 76.4 Å². The van der Waals surface area contributed by atoms with Crippen molar-refractivity contribution < 1.29 is 9.90 Å². The number of H-pyrrole nitrogens is 2. The van der Waals surface area contributed by atoms with Gasteiger partial charge in [-0.1, -0.05) is 96.9 Å². The minimum Gasteiger partial charge on any atom is -0.472 e. The number of fused-ring (bicyclic) bond motifs is 8. The van der Waals surface area contributed by atoms with Crippen LogP contribution in [0.15, 0.2) is 115 Å². The highest BCUT2D eigenvalue weighted by Crippen LogP contribution is 2.36. The van der Waals surface area contributed by atoms with Crippen molar-refractivity contribution in [3.63, 3.8) is 0 Å². The molecule has 6 nitrogen and oxygen atoms in total. The summed E-state index contributed by atoms with van der Waals surface area (Å²) in [5.41, 5.74) is 12.6. The molecule has 2 aliphatic rings. The van der Waals surface area contributed by atoms with Crippen molar-refractivity contribution in [1.82, 2.24) is 19.9 Å². The lowest BCUT2D eigenvalue weighted by molar-refractivity contribution is -0.130. The van der Waals surface area contributed by atoms with E-state index in [-0.39, 0.29) is 0 Å². The van der Waals surface area contributed by atoms with Gasteiger partial charge in [0.25, 0.3) is 0 Å². The molecule has 0 fully saturated rings. The standard InChI is InChI=1S/C41H26N4O2/c46-38(47)25-16-29-30-17-19-32(42-30)39(26-10-4-1-5-11-26)34-21-23-36(44-34)41(28-14-8-3-9-15-28)37-24-22-35(45-37)40(27-12-6-2-7-13-27)33-20-18-31(29)43-33/h1-15,17-24,42,45H,(H,46,47). The maximum absolute atomic E-state index is 11.6. The minimum absolute atomic E-state index is 0.486. The summed E-state index contributed by atoms with van der Waals surface area (Å²) < 4.78 is 0. The van der Waals surface area contributed by atoms with Crippen LogP contribution in [-0.2, 0) is 4.79 Å². The van der Waals surface area contributed by atoms with Gasteiger partial charge in [0.05, 0.1) is 33.9 Å². The highest BCUT2D eigenvalue weighted by atomic mass is 16.4. The van der Waals surface area contributed by atoms with E-state index in [1.54, 1.807) is 0 Å². The normalized spacial score (nSPS) is 11.7. The number of carboxylic acids is 1. The predicted octanol–water partition coefficient (Wildman–Crippen LogP) is 9.09. The Morgan fingerprint density at radius 2 is 0.851 bits per heavy atom. The zero-order valence-electron chi connectivity index (χ0n) is 25.0. The fourth-order valence-electron chi connectivity index (χ4n) is 6.18. The molecular weight excluding hydrogens is 580 g/mol. The topological polar surface area (TPSA) is 94.7 Å². The number of aromatic nitrogens is 4. The van der Waals surface area contributed by atoms with Gasteiger partial charge >= 0.3 is 5.97 Å². The molecule has 0 saturated carbocycles. The largest absolute Gasteiger partial charge is 0.472 e. The van der Waals surface area contributed by atoms with Gasteiger partial charge in [-0.05, 0) is 65.3 Å². The summed E-state index contributed by atoms with van der Waals surface area (Å²) in [6.45, 7) is 0. The lowest BCUT2D eigenvalue weighted by Gasteiger charge is -2.06. The predicted molar refractivity (Wildman–Crippen MR) is 190 cm³/mol. The molecule has 3 aromatic heterocycles. The van der Waals surface area contributed by atoms with Gasteiger partial charge in [-0.2, -0.15) is 0 Å². The van der Waals surface area contributed by atoms with E-state index in [0.29, 0.717) is 16.8 Å². The number of carbonyl (C=O) groups is 1. The quantitative estimate of drug-likeness (QED) is 0.175. The van der Waals surface area contributed by atoms with Crippen molar-refractivity contribution in [3.05, 3.63) is 144 Å². The molecule has 6 aromatic rings. The number of benzene rings is 3. The molecule has 6 heteroatoms. The van der Waals surface area contributed by atoms with Gasteiger partial charge in [0.1, 0.15) is 0 Å². The van der Waals surface area contributed by atoms with Gasteiger partial charge in [-0.3, -0.25) is 0 Å². The molecule has 8 bridgehead atoms. The average molecular weight is 607 g/mol. The molecule has 5 heterocycles. The van der Waals surface area contributed by atoms with E-state index in [0.717, 1.165) is 67.0 Å². The van der Waals surface area contributed by atoms with Crippen LogP contribution in [0, 0.1) is 11.8 Å². The first-order chi connectivity index (χ1) is 23.1. The van der Waals surface area contributed by atoms with E-state index < -0.39 is 5.97 Å². The summed E-state index contributed by atoms with van der Waals surface area (Å²) in [6, 6.07) is 38.6. The molecule has 0 unspecified atom stereocenters. The van der Waals surface area contributed by atoms with Crippen molar-refractivity contribution in [2.75, 3.05) is 0 Å². The second-order valence-corrected chi connectivity index (χ2v) is 11.2. The molecule has 222 valence electrons. The number of aromatic amines is 2. The fraction of sp³-hybridized carbons (Fsp3) is 0. The zero-order chi connectivity index (χ0) is 31.7. The van der Waals surface area contributed by atoms with Crippen molar-refractivity contribution >= 4 is 52.3 Å². The molecule has 0 atom stereocenters. The van der Waals surface area contributed by atoms with Crippen LogP contribution in [0.25, 0.3) is 79.8 Å². The summed E-state index contributed by atoms with van der Waals surface area (Å²) >= 11 is 0. The number of hydrogen-bond acceptors (Lipinski definition) is 3. The lowest BCUT2D eigenvalue weighted by Crippen LogP contribution is -1.91. The molecule has 2 aliphatic heterocycles. The molecule has 3 aromatic carbocycles. The highest BCUT2D eigenvalue weighted by Gasteiger charge is 2.17. The SMILES string of the molecule is O=C(O)C#Cc1c2nc(c(-c3ccccc3)c3ccc([nH]3)c(-c3ccccc3)c3nc(c(-c4ccccc4)c4ccc1[nH]4)C=C3)C=C2. The molecule has 3 N–H and O–H groups in total. The van der Waals surface area contributed by atoms with Crippen LogP contribution in [-0.4, -0.2) is 31.0 Å². The van der Waals surface area contributed by atoms with Crippen LogP contribution >= 0.6 is 0 Å². The van der Waals surface area contributed by atoms with E-state index in [4.69, 9.17) is 9.97 Å². The molecule has 47 heavy (non-hydrogen) atoms. The third-order valence-corrected chi connectivity index (χ3v) is 8.24. The number of nitrogens with one attached hydrogen (secondary N) is 2. The number of rotatable bonds is 3. The fourth-order valence-corrected chi connectivity index (χ4v) is 6.18. The van der Waals surface area contributed by atoms with Crippen molar-refractivity contribution in [2.24, 2.45) is 0 Å². The number of nitrogens with zero attached hydrogens (tertiary/aromatic N) is 2. The van der Waals surface area contributed by atoms with Crippen LogP contribution in [0.3, 0.4) is 0 Å². The molecule has 0 saturated heterocycles. The van der Waals surface area contributed by atoms with Gasteiger partial charge in [0.15, 0.2) is 0 Å². The lowest BCUT2D eigenvalue weighted by atomic mass is 10.0. The molecular formula is C41H26N4O2. The van der Waals surface area contributed by atoms with E-state index >= 15 is 0 Å². The summed E-state index contributed by atoms with van der Waals surface area (Å²) in [4.78, 5) is 29.1. The summed E-state index contributed by atoms with van der Waals surface area (Å²) in [5, 5.41) is 9.49. The van der Waals surface area contributed by atoms with E-state index in [1.165, 1.54) is 0 Å². The summed E-state index contributed by atoms with van der Waals surface area (Å²) in [6.07, 6.45) is 7.95. The van der Waals surface area contributed by atoms with Gasteiger partial charge in [0, 0.05) is 39.2 Å². The second-order valence-electron chi connectivity index (χ2n) is 11.2. The van der Waals surface area contributed by atoms with Gasteiger partial charge in [-0.25, -0.2) is 14.8 Å². The van der Waals surface area contributed by atoms with Gasteiger partial charge in [-0.15, -0.1) is 0 Å². The van der Waals surface area contributed by atoms with Crippen LogP contribution < -0.4 is 0 Å². The Labute approximate surface area is 270 Å². The maximum atomic E-state index is 11.6. The number of carboxylic acid groups (broad SMARTS) is 1. The molecule has 8 rings (SSSR count). The Kier molecular flexibility index (Phi) is 6.90. The van der Waals surface area contributed by atoms with Crippen molar-refractivity contribution in [3.8, 4) is 45.2 Å². The van der Waals surface area contributed by atoms with E-state index in [1.807, 2.05) is 85.0 Å². The highest BCUT2D eigenvalue weighted by molar-refractivity contribution is 5.98. The summed E-state index contributed by atoms with van der Waals surface area (Å²) in [7, 11) is 0. The zero-order valence-corrected chi connectivity index (χ0v) is 25.0. The maximum Gasteiger partial charge on any atom is 0.382 e. The molecule has 0 aliphatic carbocycles. The van der Waals surface area contributed by atoms with Crippen molar-refractivity contribution in [1.29, 1.82) is 0 Å². The monoisotopic (exact) mass is 606 g/mol. The second kappa shape index (κ2) is 11.7. The van der Waals surface area contributed by atoms with Gasteiger partial charge in [0.2, 0.25) is 0 Å². The Balaban J connectivity index is 1.58. The molecule has 0 amide bonds. The average Bonchev–Trinajstić information content (AvgIpc) is 3.93. The van der Waals surface area contributed by atoms with Crippen LogP contribution in [0.5, 0.6) is 0 Å². The molecule has 0 radical (unpaired) electrons. The van der Waals surface area contributed by atoms with E-state index in [9.17, 15) is 9.90 Å². The Morgan fingerprint density at radius 3 is 1.28 bits per heavy atom. The molecule has 0 spiro atoms. The Hall–Kier alpha value is -6.71. The number of hydrogen-bond donors (Lipinski definition) is 3. The summed E-state index contributed by atoms with van der Waals surface area (Å²) in [5.74, 6) is 3.97. The van der Waals surface area contributed by atoms with Crippen LogP contribution in [0.1, 0.15) is 28.3 Å². The Morgan fingerprint density at radius 1 is 0.489 bits per heavy atom. The smallest absolute Gasteiger partial charge is 0.382 e.